The zero-order chi connectivity index (χ0) is 18.9. The van der Waals surface area contributed by atoms with Gasteiger partial charge in [0.05, 0.1) is 10.9 Å². The summed E-state index contributed by atoms with van der Waals surface area (Å²) in [5.41, 5.74) is 0.179. The minimum Gasteiger partial charge on any atom is -0.342 e. The maximum atomic E-state index is 12.8. The Morgan fingerprint density at radius 2 is 1.92 bits per heavy atom. The fourth-order valence-electron chi connectivity index (χ4n) is 2.64. The molecule has 2 aromatic rings. The number of fused-ring (bicyclic) bond motifs is 1. The minimum absolute atomic E-state index is 0.0600. The van der Waals surface area contributed by atoms with E-state index in [0.29, 0.717) is 18.8 Å². The molecule has 1 amide bonds. The van der Waals surface area contributed by atoms with Crippen LogP contribution < -0.4 is 11.2 Å². The summed E-state index contributed by atoms with van der Waals surface area (Å²) >= 11 is 0. The van der Waals surface area contributed by atoms with Gasteiger partial charge in [-0.05, 0) is 24.8 Å². The van der Waals surface area contributed by atoms with Gasteiger partial charge in [-0.3, -0.25) is 19.1 Å². The number of amides is 1. The monoisotopic (exact) mass is 346 g/mol. The second-order valence-corrected chi connectivity index (χ2v) is 7.03. The maximum Gasteiger partial charge on any atom is 0.330 e. The number of nitrogens with one attached hydrogen (secondary N) is 1. The standard InChI is InChI=1S/C18H26N4O3/c1-7-21(6)17(24)12-8-13(11(4)5)19-15-14(12)16(23)20-18(25)22(15)9-10(2)3/h8,10-11H,7,9H2,1-6H3,(H,20,23,25). The van der Waals surface area contributed by atoms with Gasteiger partial charge in [-0.1, -0.05) is 27.7 Å². The highest BCUT2D eigenvalue weighted by Gasteiger charge is 2.22. The Hall–Kier alpha value is -2.44. The molecule has 0 aliphatic heterocycles. The lowest BCUT2D eigenvalue weighted by molar-refractivity contribution is 0.0804. The molecule has 2 rings (SSSR count). The number of hydrogen-bond acceptors (Lipinski definition) is 4. The average molecular weight is 346 g/mol. The average Bonchev–Trinajstić information content (AvgIpc) is 2.55. The first kappa shape index (κ1) is 18.9. The second kappa shape index (κ2) is 7.21. The molecule has 2 heterocycles. The van der Waals surface area contributed by atoms with Crippen LogP contribution >= 0.6 is 0 Å². The fourth-order valence-corrected chi connectivity index (χ4v) is 2.64. The fraction of sp³-hybridized carbons (Fsp3) is 0.556. The van der Waals surface area contributed by atoms with Crippen molar-refractivity contribution in [3.8, 4) is 0 Å². The van der Waals surface area contributed by atoms with Crippen molar-refractivity contribution in [1.29, 1.82) is 0 Å². The number of H-pyrrole nitrogens is 1. The van der Waals surface area contributed by atoms with E-state index in [2.05, 4.69) is 9.97 Å². The van der Waals surface area contributed by atoms with Gasteiger partial charge in [-0.15, -0.1) is 0 Å². The van der Waals surface area contributed by atoms with Crippen molar-refractivity contribution >= 4 is 16.9 Å². The van der Waals surface area contributed by atoms with E-state index in [-0.39, 0.29) is 34.3 Å². The van der Waals surface area contributed by atoms with Crippen molar-refractivity contribution in [1.82, 2.24) is 19.4 Å². The smallest absolute Gasteiger partial charge is 0.330 e. The molecule has 25 heavy (non-hydrogen) atoms. The summed E-state index contributed by atoms with van der Waals surface area (Å²) in [5, 5.41) is 0.176. The highest BCUT2D eigenvalue weighted by Crippen LogP contribution is 2.21. The molecule has 0 fully saturated rings. The minimum atomic E-state index is -0.573. The van der Waals surface area contributed by atoms with Gasteiger partial charge in [0.15, 0.2) is 5.65 Å². The number of carbonyl (C=O) groups is 1. The summed E-state index contributed by atoms with van der Waals surface area (Å²) in [6.07, 6.45) is 0. The van der Waals surface area contributed by atoms with E-state index >= 15 is 0 Å². The molecule has 7 heteroatoms. The number of rotatable bonds is 5. The summed E-state index contributed by atoms with van der Waals surface area (Å²) in [4.78, 5) is 46.0. The number of hydrogen-bond donors (Lipinski definition) is 1. The lowest BCUT2D eigenvalue weighted by Crippen LogP contribution is -2.34. The Bertz CT molecular complexity index is 909. The zero-order valence-corrected chi connectivity index (χ0v) is 15.7. The Kier molecular flexibility index (Phi) is 5.45. The van der Waals surface area contributed by atoms with Crippen LogP contribution in [0, 0.1) is 5.92 Å². The lowest BCUT2D eigenvalue weighted by Gasteiger charge is -2.19. The van der Waals surface area contributed by atoms with Gasteiger partial charge < -0.3 is 4.90 Å². The van der Waals surface area contributed by atoms with E-state index in [0.717, 1.165) is 0 Å². The predicted octanol–water partition coefficient (Wildman–Crippen LogP) is 1.96. The summed E-state index contributed by atoms with van der Waals surface area (Å²) in [6, 6.07) is 1.67. The molecule has 136 valence electrons. The van der Waals surface area contributed by atoms with Crippen molar-refractivity contribution in [3.05, 3.63) is 38.2 Å². The molecule has 0 bridgehead atoms. The Labute approximate surface area is 146 Å². The molecule has 0 aromatic carbocycles. The Morgan fingerprint density at radius 3 is 2.44 bits per heavy atom. The maximum absolute atomic E-state index is 12.8. The SMILES string of the molecule is CCN(C)C(=O)c1cc(C(C)C)nc2c1c(=O)[nH]c(=O)n2CC(C)C. The van der Waals surface area contributed by atoms with Crippen LogP contribution in [0.5, 0.6) is 0 Å². The van der Waals surface area contributed by atoms with E-state index in [9.17, 15) is 14.4 Å². The first-order valence-electron chi connectivity index (χ1n) is 8.60. The largest absolute Gasteiger partial charge is 0.342 e. The molecule has 0 saturated carbocycles. The van der Waals surface area contributed by atoms with E-state index in [1.54, 1.807) is 13.1 Å². The van der Waals surface area contributed by atoms with Crippen molar-refractivity contribution < 1.29 is 4.79 Å². The summed E-state index contributed by atoms with van der Waals surface area (Å²) in [6.45, 7) is 10.7. The van der Waals surface area contributed by atoms with Crippen LogP contribution in [-0.4, -0.2) is 38.9 Å². The Balaban J connectivity index is 2.95. The molecule has 1 N–H and O–H groups in total. The van der Waals surface area contributed by atoms with Gasteiger partial charge in [0.2, 0.25) is 0 Å². The molecule has 0 spiro atoms. The molecule has 0 aliphatic rings. The first-order chi connectivity index (χ1) is 11.7. The highest BCUT2D eigenvalue weighted by molar-refractivity contribution is 6.05. The normalized spacial score (nSPS) is 11.5. The van der Waals surface area contributed by atoms with Crippen molar-refractivity contribution in [3.63, 3.8) is 0 Å². The lowest BCUT2D eigenvalue weighted by atomic mass is 10.0. The van der Waals surface area contributed by atoms with Crippen LogP contribution in [0.25, 0.3) is 11.0 Å². The van der Waals surface area contributed by atoms with Crippen LogP contribution in [0.4, 0.5) is 0 Å². The van der Waals surface area contributed by atoms with Gasteiger partial charge in [0.25, 0.3) is 11.5 Å². The molecule has 0 unspecified atom stereocenters. The molecular formula is C18H26N4O3. The van der Waals surface area contributed by atoms with Gasteiger partial charge in [0, 0.05) is 25.8 Å². The van der Waals surface area contributed by atoms with Crippen molar-refractivity contribution in [2.75, 3.05) is 13.6 Å². The van der Waals surface area contributed by atoms with E-state index in [1.165, 1.54) is 9.47 Å². The number of pyridine rings is 1. The van der Waals surface area contributed by atoms with E-state index in [4.69, 9.17) is 0 Å². The topological polar surface area (TPSA) is 88.1 Å². The molecular weight excluding hydrogens is 320 g/mol. The second-order valence-electron chi connectivity index (χ2n) is 7.03. The first-order valence-corrected chi connectivity index (χ1v) is 8.60. The third-order valence-electron chi connectivity index (χ3n) is 4.16. The Morgan fingerprint density at radius 1 is 1.28 bits per heavy atom. The quantitative estimate of drug-likeness (QED) is 0.896. The molecule has 0 atom stereocenters. The van der Waals surface area contributed by atoms with Gasteiger partial charge in [0.1, 0.15) is 0 Å². The van der Waals surface area contributed by atoms with Crippen LogP contribution in [0.3, 0.4) is 0 Å². The number of aromatic amines is 1. The van der Waals surface area contributed by atoms with Crippen LogP contribution in [0.1, 0.15) is 56.6 Å². The van der Waals surface area contributed by atoms with Crippen molar-refractivity contribution in [2.24, 2.45) is 5.92 Å². The zero-order valence-electron chi connectivity index (χ0n) is 15.7. The van der Waals surface area contributed by atoms with Crippen LogP contribution in [-0.2, 0) is 6.54 Å². The number of nitrogens with zero attached hydrogens (tertiary/aromatic N) is 3. The molecule has 2 aromatic heterocycles. The number of aromatic nitrogens is 3. The third-order valence-corrected chi connectivity index (χ3v) is 4.16. The van der Waals surface area contributed by atoms with Gasteiger partial charge in [-0.2, -0.15) is 0 Å². The van der Waals surface area contributed by atoms with E-state index < -0.39 is 11.2 Å². The predicted molar refractivity (Wildman–Crippen MR) is 98.2 cm³/mol. The summed E-state index contributed by atoms with van der Waals surface area (Å²) in [7, 11) is 1.68. The molecule has 0 radical (unpaired) electrons. The van der Waals surface area contributed by atoms with Crippen LogP contribution in [0.2, 0.25) is 0 Å². The van der Waals surface area contributed by atoms with Crippen molar-refractivity contribution in [2.45, 2.75) is 47.1 Å². The van der Waals surface area contributed by atoms with E-state index in [1.807, 2.05) is 34.6 Å². The van der Waals surface area contributed by atoms with Crippen LogP contribution in [0.15, 0.2) is 15.7 Å². The van der Waals surface area contributed by atoms with Gasteiger partial charge in [-0.25, -0.2) is 9.78 Å². The molecule has 0 saturated heterocycles. The molecule has 0 aliphatic carbocycles. The number of carbonyl (C=O) groups excluding carboxylic acids is 1. The summed E-state index contributed by atoms with van der Waals surface area (Å²) < 4.78 is 1.45. The third kappa shape index (κ3) is 3.65. The van der Waals surface area contributed by atoms with Gasteiger partial charge >= 0.3 is 5.69 Å². The molecule has 7 nitrogen and oxygen atoms in total. The summed E-state index contributed by atoms with van der Waals surface area (Å²) in [5.74, 6) is -0.00408. The highest BCUT2D eigenvalue weighted by atomic mass is 16.2.